The zero-order chi connectivity index (χ0) is 11.6. The lowest BCUT2D eigenvalue weighted by Crippen LogP contribution is -2.48. The van der Waals surface area contributed by atoms with E-state index in [1.54, 1.807) is 18.2 Å². The van der Waals surface area contributed by atoms with Crippen LogP contribution in [0, 0.1) is 0 Å². The lowest BCUT2D eigenvalue weighted by molar-refractivity contribution is 0.00661. The minimum absolute atomic E-state index is 0.215. The topological polar surface area (TPSA) is 55.4 Å². The maximum Gasteiger partial charge on any atom is 0.175 e. The Hall–Kier alpha value is -0.910. The predicted molar refractivity (Wildman–Crippen MR) is 61.0 cm³/mol. The number of hydrogen-bond acceptors (Lipinski definition) is 4. The molecule has 1 aliphatic heterocycles. The van der Waals surface area contributed by atoms with Crippen LogP contribution in [0.5, 0.6) is 0 Å². The van der Waals surface area contributed by atoms with Crippen molar-refractivity contribution >= 4 is 9.84 Å². The third-order valence-electron chi connectivity index (χ3n) is 2.59. The molecule has 0 unspecified atom stereocenters. The van der Waals surface area contributed by atoms with E-state index in [4.69, 9.17) is 4.74 Å². The van der Waals surface area contributed by atoms with Crippen LogP contribution in [-0.2, 0) is 21.2 Å². The van der Waals surface area contributed by atoms with Gasteiger partial charge in [-0.2, -0.15) is 0 Å². The summed E-state index contributed by atoms with van der Waals surface area (Å²) >= 11 is 0. The first kappa shape index (κ1) is 11.6. The van der Waals surface area contributed by atoms with Gasteiger partial charge in [-0.3, -0.25) is 0 Å². The number of rotatable bonds is 4. The molecule has 1 aromatic rings. The highest BCUT2D eigenvalue weighted by Crippen LogP contribution is 2.17. The van der Waals surface area contributed by atoms with Crippen molar-refractivity contribution in [2.45, 2.75) is 17.6 Å². The van der Waals surface area contributed by atoms with Crippen LogP contribution in [-0.4, -0.2) is 33.9 Å². The third-order valence-corrected chi connectivity index (χ3v) is 3.79. The van der Waals surface area contributed by atoms with Gasteiger partial charge in [0.05, 0.1) is 17.6 Å². The second-order valence-electron chi connectivity index (χ2n) is 3.97. The normalized spacial score (nSPS) is 17.1. The van der Waals surface area contributed by atoms with Crippen LogP contribution in [0.3, 0.4) is 0 Å². The Morgan fingerprint density at radius 3 is 2.62 bits per heavy atom. The summed E-state index contributed by atoms with van der Waals surface area (Å²) in [7, 11) is -3.17. The van der Waals surface area contributed by atoms with Crippen molar-refractivity contribution < 1.29 is 13.2 Å². The Bertz CT molecular complexity index is 466. The molecule has 0 radical (unpaired) electrons. The van der Waals surface area contributed by atoms with Gasteiger partial charge in [-0.05, 0) is 11.6 Å². The van der Waals surface area contributed by atoms with Crippen LogP contribution >= 0.6 is 0 Å². The SMILES string of the molecule is CS(=O)(=O)c1ccccc1COC1CNC1. The highest BCUT2D eigenvalue weighted by atomic mass is 32.2. The lowest BCUT2D eigenvalue weighted by atomic mass is 10.2. The smallest absolute Gasteiger partial charge is 0.175 e. The van der Waals surface area contributed by atoms with Gasteiger partial charge in [0, 0.05) is 19.3 Å². The molecule has 0 spiro atoms. The molecule has 1 fully saturated rings. The summed E-state index contributed by atoms with van der Waals surface area (Å²) in [6.07, 6.45) is 1.43. The van der Waals surface area contributed by atoms with E-state index in [-0.39, 0.29) is 6.10 Å². The Morgan fingerprint density at radius 1 is 1.38 bits per heavy atom. The van der Waals surface area contributed by atoms with Crippen LogP contribution in [0.2, 0.25) is 0 Å². The van der Waals surface area contributed by atoms with E-state index in [1.807, 2.05) is 6.07 Å². The van der Waals surface area contributed by atoms with Crippen molar-refractivity contribution in [1.29, 1.82) is 0 Å². The first-order valence-electron chi connectivity index (χ1n) is 5.17. The summed E-state index contributed by atoms with van der Waals surface area (Å²) in [6, 6.07) is 6.96. The van der Waals surface area contributed by atoms with Crippen molar-refractivity contribution in [3.05, 3.63) is 29.8 Å². The number of nitrogens with one attached hydrogen (secondary N) is 1. The highest BCUT2D eigenvalue weighted by molar-refractivity contribution is 7.90. The molecular weight excluding hydrogens is 226 g/mol. The minimum atomic E-state index is -3.17. The molecule has 1 N–H and O–H groups in total. The standard InChI is InChI=1S/C11H15NO3S/c1-16(13,14)11-5-3-2-4-9(11)8-15-10-6-12-7-10/h2-5,10,12H,6-8H2,1H3. The van der Waals surface area contributed by atoms with E-state index in [2.05, 4.69) is 5.32 Å². The Morgan fingerprint density at radius 2 is 2.06 bits per heavy atom. The first-order chi connectivity index (χ1) is 7.57. The van der Waals surface area contributed by atoms with Gasteiger partial charge in [0.25, 0.3) is 0 Å². The number of sulfone groups is 1. The van der Waals surface area contributed by atoms with E-state index in [0.29, 0.717) is 11.5 Å². The summed E-state index contributed by atoms with van der Waals surface area (Å²) in [5.74, 6) is 0. The first-order valence-corrected chi connectivity index (χ1v) is 7.07. The van der Waals surface area contributed by atoms with Gasteiger partial charge in [0.2, 0.25) is 0 Å². The fraction of sp³-hybridized carbons (Fsp3) is 0.455. The molecule has 0 aliphatic carbocycles. The lowest BCUT2D eigenvalue weighted by Gasteiger charge is -2.27. The average Bonchev–Trinajstić information content (AvgIpc) is 2.14. The summed E-state index contributed by atoms with van der Waals surface area (Å²) in [4.78, 5) is 0.363. The van der Waals surface area contributed by atoms with Crippen molar-refractivity contribution in [3.8, 4) is 0 Å². The molecule has 16 heavy (non-hydrogen) atoms. The van der Waals surface area contributed by atoms with E-state index in [9.17, 15) is 8.42 Å². The molecule has 0 aromatic heterocycles. The fourth-order valence-electron chi connectivity index (χ4n) is 1.57. The molecule has 1 heterocycles. The Labute approximate surface area is 95.5 Å². The van der Waals surface area contributed by atoms with E-state index >= 15 is 0 Å². The number of hydrogen-bond donors (Lipinski definition) is 1. The van der Waals surface area contributed by atoms with Crippen molar-refractivity contribution in [3.63, 3.8) is 0 Å². The molecule has 1 aromatic carbocycles. The van der Waals surface area contributed by atoms with Crippen LogP contribution in [0.1, 0.15) is 5.56 Å². The van der Waals surface area contributed by atoms with Crippen LogP contribution < -0.4 is 5.32 Å². The maximum absolute atomic E-state index is 11.5. The minimum Gasteiger partial charge on any atom is -0.371 e. The Balaban J connectivity index is 2.13. The molecule has 0 saturated carbocycles. The molecule has 1 saturated heterocycles. The zero-order valence-corrected chi connectivity index (χ0v) is 9.96. The second-order valence-corrected chi connectivity index (χ2v) is 5.96. The van der Waals surface area contributed by atoms with Crippen LogP contribution in [0.25, 0.3) is 0 Å². The van der Waals surface area contributed by atoms with Gasteiger partial charge >= 0.3 is 0 Å². The molecule has 5 heteroatoms. The fourth-order valence-corrected chi connectivity index (χ4v) is 2.50. The number of benzene rings is 1. The van der Waals surface area contributed by atoms with Gasteiger partial charge in [0.1, 0.15) is 0 Å². The predicted octanol–water partition coefficient (Wildman–Crippen LogP) is 0.579. The molecule has 88 valence electrons. The quantitative estimate of drug-likeness (QED) is 0.837. The zero-order valence-electron chi connectivity index (χ0n) is 9.14. The van der Waals surface area contributed by atoms with E-state index < -0.39 is 9.84 Å². The molecule has 4 nitrogen and oxygen atoms in total. The molecule has 0 bridgehead atoms. The molecule has 0 amide bonds. The second kappa shape index (κ2) is 4.53. The van der Waals surface area contributed by atoms with Gasteiger partial charge in [-0.1, -0.05) is 18.2 Å². The van der Waals surface area contributed by atoms with Gasteiger partial charge in [0.15, 0.2) is 9.84 Å². The van der Waals surface area contributed by atoms with E-state index in [0.717, 1.165) is 18.7 Å². The van der Waals surface area contributed by atoms with Crippen molar-refractivity contribution in [2.24, 2.45) is 0 Å². The summed E-state index contributed by atoms with van der Waals surface area (Å²) < 4.78 is 28.6. The van der Waals surface area contributed by atoms with Crippen LogP contribution in [0.4, 0.5) is 0 Å². The van der Waals surface area contributed by atoms with Crippen LogP contribution in [0.15, 0.2) is 29.2 Å². The van der Waals surface area contributed by atoms with Gasteiger partial charge < -0.3 is 10.1 Å². The van der Waals surface area contributed by atoms with Crippen molar-refractivity contribution in [2.75, 3.05) is 19.3 Å². The molecular formula is C11H15NO3S. The molecule has 1 aliphatic rings. The maximum atomic E-state index is 11.5. The average molecular weight is 241 g/mol. The molecule has 0 atom stereocenters. The highest BCUT2D eigenvalue weighted by Gasteiger charge is 2.19. The summed E-state index contributed by atoms with van der Waals surface area (Å²) in [5, 5.41) is 3.10. The monoisotopic (exact) mass is 241 g/mol. The Kier molecular flexibility index (Phi) is 3.28. The largest absolute Gasteiger partial charge is 0.371 e. The molecule has 2 rings (SSSR count). The van der Waals surface area contributed by atoms with Gasteiger partial charge in [-0.25, -0.2) is 8.42 Å². The van der Waals surface area contributed by atoms with E-state index in [1.165, 1.54) is 6.26 Å². The van der Waals surface area contributed by atoms with Crippen molar-refractivity contribution in [1.82, 2.24) is 5.32 Å². The van der Waals surface area contributed by atoms with Gasteiger partial charge in [-0.15, -0.1) is 0 Å². The number of ether oxygens (including phenoxy) is 1. The summed E-state index contributed by atoms with van der Waals surface area (Å²) in [5.41, 5.74) is 0.733. The summed E-state index contributed by atoms with van der Waals surface area (Å²) in [6.45, 7) is 2.05. The third kappa shape index (κ3) is 2.61.